The molecule has 3 heteroatoms. The van der Waals surface area contributed by atoms with Crippen LogP contribution in [0.15, 0.2) is 30.6 Å². The van der Waals surface area contributed by atoms with E-state index in [1.165, 1.54) is 6.08 Å². The van der Waals surface area contributed by atoms with E-state index in [0.717, 1.165) is 0 Å². The summed E-state index contributed by atoms with van der Waals surface area (Å²) in [5.74, 6) is 0. The molecule has 0 radical (unpaired) electrons. The quantitative estimate of drug-likeness (QED) is 0.564. The van der Waals surface area contributed by atoms with E-state index >= 15 is 0 Å². The van der Waals surface area contributed by atoms with Crippen molar-refractivity contribution >= 4 is 0 Å². The largest absolute Gasteiger partial charge is 0.269 e. The fraction of sp³-hybridized carbons (Fsp3) is 0.143. The predicted molar refractivity (Wildman–Crippen MR) is 37.0 cm³/mol. The molecule has 0 aliphatic carbocycles. The van der Waals surface area contributed by atoms with Crippen LogP contribution in [-0.4, -0.2) is 9.78 Å². The van der Waals surface area contributed by atoms with Crippen LogP contribution in [0.5, 0.6) is 0 Å². The van der Waals surface area contributed by atoms with Gasteiger partial charge in [-0.15, -0.1) is 0 Å². The maximum absolute atomic E-state index is 8.13. The second-order valence-electron chi connectivity index (χ2n) is 1.76. The summed E-state index contributed by atoms with van der Waals surface area (Å²) in [6, 6.07) is 3.76. The van der Waals surface area contributed by atoms with Gasteiger partial charge in [-0.1, -0.05) is 6.08 Å². The van der Waals surface area contributed by atoms with Crippen LogP contribution in [-0.2, 0) is 6.54 Å². The van der Waals surface area contributed by atoms with Crippen LogP contribution in [0.2, 0.25) is 0 Å². The normalized spacial score (nSPS) is 9.90. The Morgan fingerprint density at radius 1 is 1.70 bits per heavy atom. The molecule has 0 unspecified atom stereocenters. The summed E-state index contributed by atoms with van der Waals surface area (Å²) >= 11 is 0. The molecule has 50 valence electrons. The van der Waals surface area contributed by atoms with Crippen molar-refractivity contribution < 1.29 is 0 Å². The highest BCUT2D eigenvalue weighted by atomic mass is 15.3. The van der Waals surface area contributed by atoms with Crippen LogP contribution in [0.1, 0.15) is 0 Å². The first-order chi connectivity index (χ1) is 4.93. The van der Waals surface area contributed by atoms with Crippen LogP contribution in [0.25, 0.3) is 0 Å². The molecule has 0 spiro atoms. The summed E-state index contributed by atoms with van der Waals surface area (Å²) in [5.41, 5.74) is 0. The van der Waals surface area contributed by atoms with Crippen LogP contribution in [0.3, 0.4) is 0 Å². The molecule has 1 rings (SSSR count). The van der Waals surface area contributed by atoms with E-state index in [1.807, 2.05) is 18.3 Å². The lowest BCUT2D eigenvalue weighted by atomic mass is 10.5. The minimum absolute atomic E-state index is 0.667. The van der Waals surface area contributed by atoms with Gasteiger partial charge in [0.2, 0.25) is 0 Å². The Hall–Kier alpha value is -1.56. The van der Waals surface area contributed by atoms with Gasteiger partial charge in [0.25, 0.3) is 0 Å². The molecule has 1 heterocycles. The lowest BCUT2D eigenvalue weighted by Crippen LogP contribution is -1.93. The van der Waals surface area contributed by atoms with E-state index in [0.29, 0.717) is 6.54 Å². The molecule has 0 saturated carbocycles. The van der Waals surface area contributed by atoms with Crippen molar-refractivity contribution in [3.8, 4) is 6.07 Å². The van der Waals surface area contributed by atoms with Crippen LogP contribution in [0.4, 0.5) is 0 Å². The zero-order valence-electron chi connectivity index (χ0n) is 5.44. The maximum Gasteiger partial charge on any atom is 0.0909 e. The Kier molecular flexibility index (Phi) is 2.27. The molecule has 0 atom stereocenters. The first-order valence-corrected chi connectivity index (χ1v) is 2.95. The van der Waals surface area contributed by atoms with Gasteiger partial charge in [-0.3, -0.25) is 4.68 Å². The lowest BCUT2D eigenvalue weighted by Gasteiger charge is -1.90. The molecule has 0 aliphatic heterocycles. The Bertz CT molecular complexity index is 240. The van der Waals surface area contributed by atoms with Crippen LogP contribution < -0.4 is 0 Å². The summed E-state index contributed by atoms with van der Waals surface area (Å²) in [6.45, 7) is 0.667. The predicted octanol–water partition coefficient (Wildman–Crippen LogP) is 0.963. The summed E-state index contributed by atoms with van der Waals surface area (Å²) in [6.07, 6.45) is 6.76. The van der Waals surface area contributed by atoms with Gasteiger partial charge in [-0.25, -0.2) is 0 Å². The molecule has 0 amide bonds. The Balaban J connectivity index is 2.43. The Morgan fingerprint density at radius 3 is 3.20 bits per heavy atom. The topological polar surface area (TPSA) is 41.6 Å². The smallest absolute Gasteiger partial charge is 0.0909 e. The number of aromatic nitrogens is 2. The minimum atomic E-state index is 0.667. The monoisotopic (exact) mass is 133 g/mol. The van der Waals surface area contributed by atoms with Gasteiger partial charge < -0.3 is 0 Å². The number of nitriles is 1. The number of rotatable bonds is 2. The Morgan fingerprint density at radius 2 is 2.60 bits per heavy atom. The minimum Gasteiger partial charge on any atom is -0.269 e. The van der Waals surface area contributed by atoms with Gasteiger partial charge in [0.05, 0.1) is 12.6 Å². The fourth-order valence-corrected chi connectivity index (χ4v) is 0.622. The van der Waals surface area contributed by atoms with E-state index in [9.17, 15) is 0 Å². The number of hydrogen-bond acceptors (Lipinski definition) is 2. The van der Waals surface area contributed by atoms with Crippen LogP contribution in [0, 0.1) is 11.3 Å². The van der Waals surface area contributed by atoms with Gasteiger partial charge >= 0.3 is 0 Å². The standard InChI is InChI=1S/C7H7N3/c8-4-1-2-6-10-7-3-5-9-10/h1-3,5,7H,6H2. The van der Waals surface area contributed by atoms with E-state index in [4.69, 9.17) is 5.26 Å². The highest BCUT2D eigenvalue weighted by molar-refractivity contribution is 5.01. The van der Waals surface area contributed by atoms with Crippen molar-refractivity contribution in [3.05, 3.63) is 30.6 Å². The molecule has 0 fully saturated rings. The van der Waals surface area contributed by atoms with Crippen molar-refractivity contribution in [2.75, 3.05) is 0 Å². The van der Waals surface area contributed by atoms with E-state index in [-0.39, 0.29) is 0 Å². The molecule has 10 heavy (non-hydrogen) atoms. The average molecular weight is 133 g/mol. The summed E-state index contributed by atoms with van der Waals surface area (Å²) in [4.78, 5) is 0. The molecule has 0 N–H and O–H groups in total. The van der Waals surface area contributed by atoms with Crippen LogP contribution >= 0.6 is 0 Å². The molecule has 3 nitrogen and oxygen atoms in total. The second kappa shape index (κ2) is 3.46. The third-order valence-corrected chi connectivity index (χ3v) is 1.04. The van der Waals surface area contributed by atoms with Gasteiger partial charge in [0.1, 0.15) is 0 Å². The summed E-state index contributed by atoms with van der Waals surface area (Å²) in [5, 5.41) is 12.1. The van der Waals surface area contributed by atoms with Gasteiger partial charge in [0.15, 0.2) is 0 Å². The molecule has 1 aromatic heterocycles. The Labute approximate surface area is 59.2 Å². The van der Waals surface area contributed by atoms with Gasteiger partial charge in [0, 0.05) is 18.5 Å². The number of hydrogen-bond donors (Lipinski definition) is 0. The molecular weight excluding hydrogens is 126 g/mol. The van der Waals surface area contributed by atoms with E-state index in [1.54, 1.807) is 17.0 Å². The molecule has 0 aliphatic rings. The molecule has 0 aromatic carbocycles. The zero-order valence-corrected chi connectivity index (χ0v) is 5.44. The molecular formula is C7H7N3. The van der Waals surface area contributed by atoms with Crippen molar-refractivity contribution in [3.63, 3.8) is 0 Å². The second-order valence-corrected chi connectivity index (χ2v) is 1.76. The third kappa shape index (κ3) is 1.75. The summed E-state index contributed by atoms with van der Waals surface area (Å²) < 4.78 is 1.74. The number of nitrogens with zero attached hydrogens (tertiary/aromatic N) is 3. The highest BCUT2D eigenvalue weighted by Crippen LogP contribution is 1.84. The van der Waals surface area contributed by atoms with Crippen molar-refractivity contribution in [2.45, 2.75) is 6.54 Å². The fourth-order valence-electron chi connectivity index (χ4n) is 0.622. The number of allylic oxidation sites excluding steroid dienone is 2. The first kappa shape index (κ1) is 6.56. The van der Waals surface area contributed by atoms with Gasteiger partial charge in [-0.05, 0) is 6.07 Å². The highest BCUT2D eigenvalue weighted by Gasteiger charge is 1.81. The van der Waals surface area contributed by atoms with E-state index in [2.05, 4.69) is 5.10 Å². The average Bonchev–Trinajstić information content (AvgIpc) is 2.41. The third-order valence-electron chi connectivity index (χ3n) is 1.04. The molecule has 0 bridgehead atoms. The first-order valence-electron chi connectivity index (χ1n) is 2.95. The van der Waals surface area contributed by atoms with Crippen molar-refractivity contribution in [2.24, 2.45) is 0 Å². The van der Waals surface area contributed by atoms with E-state index < -0.39 is 0 Å². The molecule has 0 saturated heterocycles. The van der Waals surface area contributed by atoms with Crippen molar-refractivity contribution in [1.82, 2.24) is 9.78 Å². The molecule has 1 aromatic rings. The maximum atomic E-state index is 8.13. The van der Waals surface area contributed by atoms with Crippen molar-refractivity contribution in [1.29, 1.82) is 5.26 Å². The SMILES string of the molecule is N#CC=CCn1cccn1. The lowest BCUT2D eigenvalue weighted by molar-refractivity contribution is 0.702. The van der Waals surface area contributed by atoms with Gasteiger partial charge in [-0.2, -0.15) is 10.4 Å². The summed E-state index contributed by atoms with van der Waals surface area (Å²) in [7, 11) is 0. The zero-order chi connectivity index (χ0) is 7.23.